The number of nitrogens with zero attached hydrogens (tertiary/aromatic N) is 1. The van der Waals surface area contributed by atoms with Crippen LogP contribution in [0.3, 0.4) is 0 Å². The second kappa shape index (κ2) is 8.57. The van der Waals surface area contributed by atoms with E-state index in [1.54, 1.807) is 0 Å². The second-order valence-electron chi connectivity index (χ2n) is 4.71. The van der Waals surface area contributed by atoms with Gasteiger partial charge in [0.1, 0.15) is 0 Å². The van der Waals surface area contributed by atoms with Crippen molar-refractivity contribution in [2.45, 2.75) is 51.9 Å². The Hall–Kier alpha value is -0.570. The molecule has 16 heavy (non-hydrogen) atoms. The van der Waals surface area contributed by atoms with Gasteiger partial charge in [0.2, 0.25) is 5.91 Å². The molecule has 0 spiro atoms. The molecular formula is C13H26N2O. The number of likely N-dealkylation sites (tertiary alicyclic amines) is 1. The molecule has 1 saturated heterocycles. The Bertz CT molecular complexity index is 188. The smallest absolute Gasteiger partial charge is 0.219 e. The normalized spacial score (nSPS) is 16.6. The summed E-state index contributed by atoms with van der Waals surface area (Å²) < 4.78 is 0. The largest absolute Gasteiger partial charge is 0.356 e. The third-order valence-electron chi connectivity index (χ3n) is 3.18. The van der Waals surface area contributed by atoms with Crippen LogP contribution in [-0.4, -0.2) is 37.0 Å². The molecule has 1 heterocycles. The molecule has 1 aliphatic rings. The first-order valence-corrected chi connectivity index (χ1v) is 6.82. The summed E-state index contributed by atoms with van der Waals surface area (Å²) in [6.07, 6.45) is 7.88. The minimum Gasteiger partial charge on any atom is -0.356 e. The Labute approximate surface area is 99.6 Å². The average Bonchev–Trinajstić information content (AvgIpc) is 2.79. The van der Waals surface area contributed by atoms with Crippen LogP contribution in [0.1, 0.15) is 51.9 Å². The average molecular weight is 226 g/mol. The van der Waals surface area contributed by atoms with E-state index >= 15 is 0 Å². The maximum absolute atomic E-state index is 11.3. The predicted molar refractivity (Wildman–Crippen MR) is 67.4 cm³/mol. The van der Waals surface area contributed by atoms with Crippen LogP contribution < -0.4 is 5.32 Å². The molecule has 0 radical (unpaired) electrons. The summed E-state index contributed by atoms with van der Waals surface area (Å²) in [7, 11) is 0. The summed E-state index contributed by atoms with van der Waals surface area (Å²) in [5.41, 5.74) is 0. The van der Waals surface area contributed by atoms with Gasteiger partial charge in [-0.25, -0.2) is 0 Å². The lowest BCUT2D eigenvalue weighted by Crippen LogP contribution is -2.25. The van der Waals surface area contributed by atoms with Crippen molar-refractivity contribution in [3.05, 3.63) is 0 Å². The molecule has 0 saturated carbocycles. The van der Waals surface area contributed by atoms with E-state index in [4.69, 9.17) is 0 Å². The molecule has 3 heteroatoms. The minimum absolute atomic E-state index is 0.225. The molecule has 0 atom stereocenters. The lowest BCUT2D eigenvalue weighted by molar-refractivity contribution is -0.121. The van der Waals surface area contributed by atoms with Crippen molar-refractivity contribution in [3.63, 3.8) is 0 Å². The first-order chi connectivity index (χ1) is 7.83. The fourth-order valence-electron chi connectivity index (χ4n) is 2.12. The third-order valence-corrected chi connectivity index (χ3v) is 3.18. The van der Waals surface area contributed by atoms with E-state index in [-0.39, 0.29) is 5.91 Å². The molecule has 0 aliphatic carbocycles. The number of carbonyl (C=O) groups excluding carboxylic acids is 1. The molecule has 1 aliphatic heterocycles. The number of carbonyl (C=O) groups is 1. The molecule has 1 rings (SSSR count). The number of amides is 1. The number of nitrogens with one attached hydrogen (secondary N) is 1. The van der Waals surface area contributed by atoms with E-state index in [9.17, 15) is 4.79 Å². The Balaban J connectivity index is 1.85. The van der Waals surface area contributed by atoms with Gasteiger partial charge in [-0.05, 0) is 51.7 Å². The van der Waals surface area contributed by atoms with E-state index < -0.39 is 0 Å². The Morgan fingerprint density at radius 1 is 1.19 bits per heavy atom. The Kier molecular flexibility index (Phi) is 7.23. The highest BCUT2D eigenvalue weighted by molar-refractivity contribution is 5.75. The first-order valence-electron chi connectivity index (χ1n) is 6.82. The molecule has 1 fully saturated rings. The van der Waals surface area contributed by atoms with E-state index in [1.807, 2.05) is 0 Å². The SMILES string of the molecule is CCCCC(=O)NCCCCN1CCCC1. The van der Waals surface area contributed by atoms with Gasteiger partial charge < -0.3 is 10.2 Å². The van der Waals surface area contributed by atoms with E-state index in [0.29, 0.717) is 6.42 Å². The van der Waals surface area contributed by atoms with Gasteiger partial charge in [-0.2, -0.15) is 0 Å². The third kappa shape index (κ3) is 6.11. The van der Waals surface area contributed by atoms with Crippen LogP contribution >= 0.6 is 0 Å². The van der Waals surface area contributed by atoms with Crippen molar-refractivity contribution in [2.75, 3.05) is 26.2 Å². The van der Waals surface area contributed by atoms with Gasteiger partial charge >= 0.3 is 0 Å². The van der Waals surface area contributed by atoms with Gasteiger partial charge in [-0.3, -0.25) is 4.79 Å². The molecule has 3 nitrogen and oxygen atoms in total. The summed E-state index contributed by atoms with van der Waals surface area (Å²) >= 11 is 0. The van der Waals surface area contributed by atoms with Crippen molar-refractivity contribution in [3.8, 4) is 0 Å². The van der Waals surface area contributed by atoms with E-state index in [2.05, 4.69) is 17.1 Å². The van der Waals surface area contributed by atoms with Crippen LogP contribution in [0.15, 0.2) is 0 Å². The monoisotopic (exact) mass is 226 g/mol. The standard InChI is InChI=1S/C13H26N2O/c1-2-3-8-13(16)14-9-4-5-10-15-11-6-7-12-15/h2-12H2,1H3,(H,14,16). The summed E-state index contributed by atoms with van der Waals surface area (Å²) in [6, 6.07) is 0. The van der Waals surface area contributed by atoms with Crippen LogP contribution in [0.5, 0.6) is 0 Å². The van der Waals surface area contributed by atoms with Crippen molar-refractivity contribution >= 4 is 5.91 Å². The zero-order chi connectivity index (χ0) is 11.6. The highest BCUT2D eigenvalue weighted by Gasteiger charge is 2.09. The van der Waals surface area contributed by atoms with Gasteiger partial charge in [0, 0.05) is 13.0 Å². The fraction of sp³-hybridized carbons (Fsp3) is 0.923. The minimum atomic E-state index is 0.225. The molecule has 1 N–H and O–H groups in total. The first kappa shape index (κ1) is 13.5. The summed E-state index contributed by atoms with van der Waals surface area (Å²) in [5.74, 6) is 0.225. The predicted octanol–water partition coefficient (Wildman–Crippen LogP) is 2.17. The molecule has 0 aromatic carbocycles. The second-order valence-corrected chi connectivity index (χ2v) is 4.71. The summed E-state index contributed by atoms with van der Waals surface area (Å²) in [5, 5.41) is 2.99. The molecule has 0 unspecified atom stereocenters. The van der Waals surface area contributed by atoms with Gasteiger partial charge in [0.25, 0.3) is 0 Å². The van der Waals surface area contributed by atoms with Crippen molar-refractivity contribution in [2.24, 2.45) is 0 Å². The lowest BCUT2D eigenvalue weighted by atomic mass is 10.2. The summed E-state index contributed by atoms with van der Waals surface area (Å²) in [4.78, 5) is 13.8. The van der Waals surface area contributed by atoms with Crippen LogP contribution in [0, 0.1) is 0 Å². The van der Waals surface area contributed by atoms with Crippen molar-refractivity contribution < 1.29 is 4.79 Å². The number of hydrogen-bond donors (Lipinski definition) is 1. The van der Waals surface area contributed by atoms with Crippen LogP contribution in [-0.2, 0) is 4.79 Å². The van der Waals surface area contributed by atoms with Crippen molar-refractivity contribution in [1.29, 1.82) is 0 Å². The van der Waals surface area contributed by atoms with Gasteiger partial charge in [0.15, 0.2) is 0 Å². The van der Waals surface area contributed by atoms with Crippen LogP contribution in [0.2, 0.25) is 0 Å². The molecule has 0 bridgehead atoms. The Morgan fingerprint density at radius 3 is 2.62 bits per heavy atom. The number of rotatable bonds is 8. The Morgan fingerprint density at radius 2 is 1.94 bits per heavy atom. The van der Waals surface area contributed by atoms with Crippen LogP contribution in [0.4, 0.5) is 0 Å². The van der Waals surface area contributed by atoms with Gasteiger partial charge in [-0.1, -0.05) is 13.3 Å². The molecule has 0 aromatic heterocycles. The van der Waals surface area contributed by atoms with E-state index in [0.717, 1.165) is 25.8 Å². The molecule has 1 amide bonds. The molecule has 0 aromatic rings. The zero-order valence-electron chi connectivity index (χ0n) is 10.6. The van der Waals surface area contributed by atoms with Crippen molar-refractivity contribution in [1.82, 2.24) is 10.2 Å². The highest BCUT2D eigenvalue weighted by Crippen LogP contribution is 2.07. The number of hydrogen-bond acceptors (Lipinski definition) is 2. The molecular weight excluding hydrogens is 200 g/mol. The zero-order valence-corrected chi connectivity index (χ0v) is 10.6. The van der Waals surface area contributed by atoms with Gasteiger partial charge in [0.05, 0.1) is 0 Å². The molecule has 94 valence electrons. The topological polar surface area (TPSA) is 32.3 Å². The number of unbranched alkanes of at least 4 members (excludes halogenated alkanes) is 2. The lowest BCUT2D eigenvalue weighted by Gasteiger charge is -2.13. The summed E-state index contributed by atoms with van der Waals surface area (Å²) in [6.45, 7) is 6.75. The maximum atomic E-state index is 11.3. The van der Waals surface area contributed by atoms with E-state index in [1.165, 1.54) is 38.9 Å². The van der Waals surface area contributed by atoms with Crippen LogP contribution in [0.25, 0.3) is 0 Å². The van der Waals surface area contributed by atoms with Gasteiger partial charge in [-0.15, -0.1) is 0 Å². The fourth-order valence-corrected chi connectivity index (χ4v) is 2.12. The maximum Gasteiger partial charge on any atom is 0.219 e. The highest BCUT2D eigenvalue weighted by atomic mass is 16.1. The quantitative estimate of drug-likeness (QED) is 0.643.